The van der Waals surface area contributed by atoms with Gasteiger partial charge >= 0.3 is 12.0 Å². The maximum absolute atomic E-state index is 5.79. The zero-order chi connectivity index (χ0) is 20.1. The number of aliphatic imine (C=N–C) groups is 2. The van der Waals surface area contributed by atoms with E-state index in [0.717, 1.165) is 22.2 Å². The van der Waals surface area contributed by atoms with Gasteiger partial charge in [0, 0.05) is 18.2 Å². The van der Waals surface area contributed by atoms with Crippen LogP contribution in [-0.2, 0) is 0 Å². The van der Waals surface area contributed by atoms with Crippen molar-refractivity contribution in [1.82, 2.24) is 14.9 Å². The Kier molecular flexibility index (Phi) is 3.55. The molecule has 5 aromatic rings. The van der Waals surface area contributed by atoms with Gasteiger partial charge in [-0.1, -0.05) is 48.5 Å². The van der Waals surface area contributed by atoms with E-state index in [2.05, 4.69) is 20.0 Å². The lowest BCUT2D eigenvalue weighted by atomic mass is 10.1. The van der Waals surface area contributed by atoms with Gasteiger partial charge in [-0.25, -0.2) is 0 Å². The van der Waals surface area contributed by atoms with Gasteiger partial charge in [0.1, 0.15) is 22.7 Å². The first-order valence-corrected chi connectivity index (χ1v) is 9.48. The third-order valence-corrected chi connectivity index (χ3v) is 5.01. The standard InChI is InChI=1S/C23H15N5O2/c1-28-20(26-22-24-16-10-4-6-12-18(16)29-22)14-8-2-3-9-15(14)21(28)27-23-25-17-11-5-7-13-19(17)30-23/h2-13H,1H3/b26-20-,27-21-. The van der Waals surface area contributed by atoms with Gasteiger partial charge in [0.2, 0.25) is 0 Å². The Morgan fingerprint density at radius 3 is 1.53 bits per heavy atom. The highest BCUT2D eigenvalue weighted by atomic mass is 16.4. The lowest BCUT2D eigenvalue weighted by Gasteiger charge is -2.12. The number of hydrogen-bond donors (Lipinski definition) is 0. The van der Waals surface area contributed by atoms with Gasteiger partial charge < -0.3 is 13.7 Å². The Labute approximate surface area is 171 Å². The van der Waals surface area contributed by atoms with Crippen molar-refractivity contribution in [3.8, 4) is 0 Å². The maximum atomic E-state index is 5.79. The number of oxazole rings is 2. The Balaban J connectivity index is 1.48. The van der Waals surface area contributed by atoms with Crippen LogP contribution in [0.25, 0.3) is 22.2 Å². The molecule has 0 atom stereocenters. The van der Waals surface area contributed by atoms with Crippen molar-refractivity contribution in [1.29, 1.82) is 0 Å². The number of rotatable bonds is 2. The van der Waals surface area contributed by atoms with Gasteiger partial charge in [-0.2, -0.15) is 20.0 Å². The fourth-order valence-corrected chi connectivity index (χ4v) is 3.60. The molecule has 0 saturated carbocycles. The molecule has 0 amide bonds. The molecule has 0 bridgehead atoms. The molecule has 0 fully saturated rings. The molecule has 1 aliphatic rings. The third-order valence-electron chi connectivity index (χ3n) is 5.01. The van der Waals surface area contributed by atoms with Crippen molar-refractivity contribution in [3.05, 3.63) is 83.9 Å². The summed E-state index contributed by atoms with van der Waals surface area (Å²) >= 11 is 0. The lowest BCUT2D eigenvalue weighted by Crippen LogP contribution is -2.26. The Morgan fingerprint density at radius 2 is 1.07 bits per heavy atom. The molecule has 0 radical (unpaired) electrons. The Hall–Kier alpha value is -4.26. The van der Waals surface area contributed by atoms with Crippen molar-refractivity contribution < 1.29 is 8.83 Å². The van der Waals surface area contributed by atoms with Crippen LogP contribution in [0.1, 0.15) is 11.1 Å². The van der Waals surface area contributed by atoms with Gasteiger partial charge in [-0.15, -0.1) is 0 Å². The summed E-state index contributed by atoms with van der Waals surface area (Å²) in [6, 6.07) is 23.7. The molecule has 2 aromatic heterocycles. The first kappa shape index (κ1) is 16.7. The molecule has 0 aliphatic carbocycles. The van der Waals surface area contributed by atoms with Crippen LogP contribution in [0.3, 0.4) is 0 Å². The lowest BCUT2D eigenvalue weighted by molar-refractivity contribution is 0.607. The van der Waals surface area contributed by atoms with E-state index in [9.17, 15) is 0 Å². The summed E-state index contributed by atoms with van der Waals surface area (Å²) < 4.78 is 11.6. The van der Waals surface area contributed by atoms with Crippen molar-refractivity contribution in [2.24, 2.45) is 9.98 Å². The van der Waals surface area contributed by atoms with E-state index in [4.69, 9.17) is 8.83 Å². The van der Waals surface area contributed by atoms with Crippen molar-refractivity contribution in [2.45, 2.75) is 0 Å². The summed E-state index contributed by atoms with van der Waals surface area (Å²) in [4.78, 5) is 20.2. The van der Waals surface area contributed by atoms with Crippen molar-refractivity contribution in [3.63, 3.8) is 0 Å². The second kappa shape index (κ2) is 6.38. The van der Waals surface area contributed by atoms with Crippen LogP contribution < -0.4 is 0 Å². The van der Waals surface area contributed by atoms with E-state index in [1.54, 1.807) is 0 Å². The minimum Gasteiger partial charge on any atom is -0.422 e. The third kappa shape index (κ3) is 2.60. The van der Waals surface area contributed by atoms with Gasteiger partial charge in [-0.05, 0) is 24.3 Å². The smallest absolute Gasteiger partial charge is 0.324 e. The van der Waals surface area contributed by atoms with Crippen molar-refractivity contribution >= 4 is 45.9 Å². The van der Waals surface area contributed by atoms with Crippen LogP contribution >= 0.6 is 0 Å². The maximum Gasteiger partial charge on any atom is 0.324 e. The summed E-state index contributed by atoms with van der Waals surface area (Å²) in [5.41, 5.74) is 4.82. The molecule has 144 valence electrons. The molecule has 3 aromatic carbocycles. The minimum absolute atomic E-state index is 0.302. The van der Waals surface area contributed by atoms with Crippen molar-refractivity contribution in [2.75, 3.05) is 7.05 Å². The molecular weight excluding hydrogens is 378 g/mol. The largest absolute Gasteiger partial charge is 0.422 e. The number of para-hydroxylation sites is 4. The van der Waals surface area contributed by atoms with Crippen LogP contribution in [0, 0.1) is 0 Å². The average molecular weight is 393 g/mol. The first-order valence-electron chi connectivity index (χ1n) is 9.48. The van der Waals surface area contributed by atoms with E-state index in [0.29, 0.717) is 34.9 Å². The fourth-order valence-electron chi connectivity index (χ4n) is 3.60. The monoisotopic (exact) mass is 393 g/mol. The zero-order valence-electron chi connectivity index (χ0n) is 16.0. The zero-order valence-corrected chi connectivity index (χ0v) is 16.0. The quantitative estimate of drug-likeness (QED) is 0.418. The SMILES string of the molecule is CN1/C(=N\c2nc3ccccc3o2)c2ccccc2/C1=N/c1nc2ccccc2o1. The summed E-state index contributed by atoms with van der Waals surface area (Å²) in [6.45, 7) is 0. The predicted molar refractivity (Wildman–Crippen MR) is 115 cm³/mol. The van der Waals surface area contributed by atoms with Gasteiger partial charge in [-0.3, -0.25) is 0 Å². The molecule has 30 heavy (non-hydrogen) atoms. The first-order chi connectivity index (χ1) is 14.8. The van der Waals surface area contributed by atoms with E-state index in [1.807, 2.05) is 84.7 Å². The Morgan fingerprint density at radius 1 is 0.633 bits per heavy atom. The molecule has 0 N–H and O–H groups in total. The fraction of sp³-hybridized carbons (Fsp3) is 0.0435. The predicted octanol–water partition coefficient (Wildman–Crippen LogP) is 5.07. The summed E-state index contributed by atoms with van der Waals surface area (Å²) in [6.07, 6.45) is 0. The van der Waals surface area contributed by atoms with Gasteiger partial charge in [0.05, 0.1) is 0 Å². The molecule has 0 unspecified atom stereocenters. The average Bonchev–Trinajstić information content (AvgIpc) is 3.44. The molecular formula is C23H15N5O2. The molecule has 3 heterocycles. The summed E-state index contributed by atoms with van der Waals surface area (Å²) in [5, 5.41) is 0. The van der Waals surface area contributed by atoms with Crippen LogP contribution in [0.2, 0.25) is 0 Å². The number of hydrogen-bond acceptors (Lipinski definition) is 6. The van der Waals surface area contributed by atoms with Crippen LogP contribution in [-0.4, -0.2) is 33.6 Å². The summed E-state index contributed by atoms with van der Waals surface area (Å²) in [7, 11) is 1.91. The molecule has 7 nitrogen and oxygen atoms in total. The number of benzene rings is 3. The highest BCUT2D eigenvalue weighted by Crippen LogP contribution is 2.29. The highest BCUT2D eigenvalue weighted by Gasteiger charge is 2.30. The Bertz CT molecular complexity index is 1300. The second-order valence-corrected chi connectivity index (χ2v) is 6.90. The molecule has 0 saturated heterocycles. The van der Waals surface area contributed by atoms with E-state index >= 15 is 0 Å². The molecule has 6 rings (SSSR count). The van der Waals surface area contributed by atoms with Gasteiger partial charge in [0.25, 0.3) is 0 Å². The topological polar surface area (TPSA) is 80.0 Å². The molecule has 7 heteroatoms. The minimum atomic E-state index is 0.302. The van der Waals surface area contributed by atoms with Crippen LogP contribution in [0.4, 0.5) is 12.0 Å². The van der Waals surface area contributed by atoms with E-state index in [1.165, 1.54) is 0 Å². The second-order valence-electron chi connectivity index (χ2n) is 6.90. The van der Waals surface area contributed by atoms with Crippen LogP contribution in [0.15, 0.2) is 91.6 Å². The number of aromatic nitrogens is 2. The molecule has 0 spiro atoms. The normalized spacial score (nSPS) is 16.2. The number of nitrogens with zero attached hydrogens (tertiary/aromatic N) is 5. The summed E-state index contributed by atoms with van der Waals surface area (Å²) in [5.74, 6) is 1.40. The van der Waals surface area contributed by atoms with E-state index in [-0.39, 0.29) is 0 Å². The molecule has 1 aliphatic heterocycles. The number of fused-ring (bicyclic) bond motifs is 3. The van der Waals surface area contributed by atoms with E-state index < -0.39 is 0 Å². The number of amidine groups is 2. The van der Waals surface area contributed by atoms with Gasteiger partial charge in [0.15, 0.2) is 11.2 Å². The highest BCUT2D eigenvalue weighted by molar-refractivity contribution is 6.25. The van der Waals surface area contributed by atoms with Crippen LogP contribution in [0.5, 0.6) is 0 Å².